The van der Waals surface area contributed by atoms with Gasteiger partial charge in [0.05, 0.1) is 31.0 Å². The molecule has 1 aliphatic rings. The summed E-state index contributed by atoms with van der Waals surface area (Å²) in [5.74, 6) is -0.846. The summed E-state index contributed by atoms with van der Waals surface area (Å²) in [5.41, 5.74) is 1.31. The van der Waals surface area contributed by atoms with Crippen LogP contribution in [0.4, 0.5) is 5.69 Å². The van der Waals surface area contributed by atoms with Crippen LogP contribution in [0.25, 0.3) is 0 Å². The molecule has 2 aromatic carbocycles. The number of hydrogen-bond acceptors (Lipinski definition) is 5. The van der Waals surface area contributed by atoms with Crippen molar-refractivity contribution in [1.29, 1.82) is 0 Å². The highest BCUT2D eigenvalue weighted by Gasteiger charge is 2.29. The summed E-state index contributed by atoms with van der Waals surface area (Å²) < 4.78 is 30.4. The predicted octanol–water partition coefficient (Wildman–Crippen LogP) is 2.91. The Balaban J connectivity index is 1.85. The maximum Gasteiger partial charge on any atom is 0.307 e. The number of sulfonamides is 1. The summed E-state index contributed by atoms with van der Waals surface area (Å²) in [6.07, 6.45) is 0.457. The Morgan fingerprint density at radius 2 is 1.97 bits per heavy atom. The summed E-state index contributed by atoms with van der Waals surface area (Å²) in [7, 11) is -2.08. The van der Waals surface area contributed by atoms with Crippen molar-refractivity contribution in [3.8, 4) is 0 Å². The number of anilines is 1. The molecule has 1 fully saturated rings. The van der Waals surface area contributed by atoms with Crippen LogP contribution in [0.3, 0.4) is 0 Å². The number of nitrogens with zero attached hydrogens (tertiary/aromatic N) is 1. The average molecular weight is 437 g/mol. The minimum atomic E-state index is -3.35. The van der Waals surface area contributed by atoms with Gasteiger partial charge in [0.2, 0.25) is 10.0 Å². The number of ether oxygens (including phenoxy) is 1. The van der Waals surface area contributed by atoms with Crippen LogP contribution in [0.5, 0.6) is 0 Å². The van der Waals surface area contributed by atoms with Crippen molar-refractivity contribution in [3.63, 3.8) is 0 Å². The molecule has 29 heavy (non-hydrogen) atoms. The van der Waals surface area contributed by atoms with Crippen LogP contribution < -0.4 is 9.62 Å². The molecular formula is C20H21ClN2O5S. The summed E-state index contributed by atoms with van der Waals surface area (Å²) in [5, 5.41) is 3.22. The highest BCUT2D eigenvalue weighted by Crippen LogP contribution is 2.27. The lowest BCUT2D eigenvalue weighted by molar-refractivity contribution is -0.141. The van der Waals surface area contributed by atoms with E-state index in [0.29, 0.717) is 29.2 Å². The molecule has 1 N–H and O–H groups in total. The van der Waals surface area contributed by atoms with Gasteiger partial charge < -0.3 is 10.1 Å². The quantitative estimate of drug-likeness (QED) is 0.703. The minimum absolute atomic E-state index is 0.0911. The zero-order valence-electron chi connectivity index (χ0n) is 15.8. The lowest BCUT2D eigenvalue weighted by Gasteiger charge is -2.21. The van der Waals surface area contributed by atoms with Gasteiger partial charge in [0, 0.05) is 17.1 Å². The first kappa shape index (κ1) is 21.1. The average Bonchev–Trinajstić information content (AvgIpc) is 3.06. The molecule has 1 saturated heterocycles. The number of methoxy groups -OCH3 is 1. The molecule has 9 heteroatoms. The van der Waals surface area contributed by atoms with Crippen LogP contribution in [-0.2, 0) is 19.6 Å². The third-order valence-corrected chi connectivity index (χ3v) is 6.89. The van der Waals surface area contributed by atoms with Gasteiger partial charge in [-0.15, -0.1) is 0 Å². The second-order valence-electron chi connectivity index (χ2n) is 6.62. The lowest BCUT2D eigenvalue weighted by Crippen LogP contribution is -2.31. The molecule has 0 saturated carbocycles. The van der Waals surface area contributed by atoms with Gasteiger partial charge >= 0.3 is 5.97 Å². The maximum absolute atomic E-state index is 12.9. The van der Waals surface area contributed by atoms with Crippen LogP contribution in [0.15, 0.2) is 48.5 Å². The number of amides is 1. The first-order valence-electron chi connectivity index (χ1n) is 9.04. The van der Waals surface area contributed by atoms with E-state index in [-0.39, 0.29) is 17.7 Å². The Morgan fingerprint density at radius 1 is 1.21 bits per heavy atom. The topological polar surface area (TPSA) is 92.8 Å². The van der Waals surface area contributed by atoms with E-state index in [4.69, 9.17) is 16.3 Å². The molecule has 7 nitrogen and oxygen atoms in total. The molecule has 154 valence electrons. The molecule has 0 aromatic heterocycles. The normalized spacial score (nSPS) is 16.3. The fourth-order valence-electron chi connectivity index (χ4n) is 3.22. The molecule has 1 aliphatic heterocycles. The van der Waals surface area contributed by atoms with Gasteiger partial charge in [-0.25, -0.2) is 8.42 Å². The van der Waals surface area contributed by atoms with Crippen molar-refractivity contribution in [3.05, 3.63) is 64.7 Å². The fraction of sp³-hybridized carbons (Fsp3) is 0.300. The van der Waals surface area contributed by atoms with Crippen molar-refractivity contribution in [2.75, 3.05) is 23.7 Å². The molecule has 1 atom stereocenters. The van der Waals surface area contributed by atoms with Crippen molar-refractivity contribution in [2.45, 2.75) is 18.9 Å². The van der Waals surface area contributed by atoms with Gasteiger partial charge in [-0.2, -0.15) is 0 Å². The van der Waals surface area contributed by atoms with Gasteiger partial charge in [-0.3, -0.25) is 13.9 Å². The molecule has 0 spiro atoms. The smallest absolute Gasteiger partial charge is 0.307 e. The number of halogens is 1. The number of carbonyl (C=O) groups is 2. The highest BCUT2D eigenvalue weighted by atomic mass is 35.5. The number of nitrogens with one attached hydrogen (secondary N) is 1. The van der Waals surface area contributed by atoms with E-state index in [2.05, 4.69) is 5.32 Å². The molecular weight excluding hydrogens is 416 g/mol. The maximum atomic E-state index is 12.9. The standard InChI is InChI=1S/C20H21ClN2O5S/c1-28-19(24)13-18(16-8-2-3-9-17(16)21)22-20(25)14-6-4-7-15(12-14)23-10-5-11-29(23,26)27/h2-4,6-9,12,18H,5,10-11,13H2,1H3,(H,22,25). The molecule has 0 radical (unpaired) electrons. The van der Waals surface area contributed by atoms with Crippen LogP contribution >= 0.6 is 11.6 Å². The van der Waals surface area contributed by atoms with Gasteiger partial charge in [0.25, 0.3) is 5.91 Å². The third-order valence-electron chi connectivity index (χ3n) is 4.68. The zero-order chi connectivity index (χ0) is 21.0. The molecule has 0 aliphatic carbocycles. The Bertz CT molecular complexity index is 1030. The molecule has 2 aromatic rings. The number of benzene rings is 2. The van der Waals surface area contributed by atoms with E-state index in [1.165, 1.54) is 17.5 Å². The Kier molecular flexibility index (Phi) is 6.44. The first-order chi connectivity index (χ1) is 13.8. The van der Waals surface area contributed by atoms with Crippen molar-refractivity contribution in [2.24, 2.45) is 0 Å². The van der Waals surface area contributed by atoms with Crippen LogP contribution in [0.2, 0.25) is 5.02 Å². The Labute approximate surface area is 174 Å². The summed E-state index contributed by atoms with van der Waals surface area (Å²) in [4.78, 5) is 24.7. The summed E-state index contributed by atoms with van der Waals surface area (Å²) >= 11 is 6.24. The number of esters is 1. The van der Waals surface area contributed by atoms with E-state index in [1.54, 1.807) is 42.5 Å². The SMILES string of the molecule is COC(=O)CC(NC(=O)c1cccc(N2CCCS2(=O)=O)c1)c1ccccc1Cl. The second-order valence-corrected chi connectivity index (χ2v) is 9.04. The van der Waals surface area contributed by atoms with E-state index in [0.717, 1.165) is 0 Å². The van der Waals surface area contributed by atoms with E-state index in [1.807, 2.05) is 0 Å². The third kappa shape index (κ3) is 4.89. The summed E-state index contributed by atoms with van der Waals surface area (Å²) in [6.45, 7) is 0.387. The second kappa shape index (κ2) is 8.84. The van der Waals surface area contributed by atoms with Crippen LogP contribution in [0, 0.1) is 0 Å². The summed E-state index contributed by atoms with van der Waals surface area (Å²) in [6, 6.07) is 12.6. The molecule has 3 rings (SSSR count). The van der Waals surface area contributed by atoms with Gasteiger partial charge in [0.1, 0.15) is 0 Å². The van der Waals surface area contributed by atoms with Crippen LogP contribution in [0.1, 0.15) is 34.8 Å². The molecule has 0 bridgehead atoms. The minimum Gasteiger partial charge on any atom is -0.469 e. The van der Waals surface area contributed by atoms with Crippen LogP contribution in [-0.4, -0.2) is 39.7 Å². The molecule has 1 amide bonds. The van der Waals surface area contributed by atoms with Gasteiger partial charge in [-0.1, -0.05) is 35.9 Å². The fourth-order valence-corrected chi connectivity index (χ4v) is 5.04. The first-order valence-corrected chi connectivity index (χ1v) is 11.0. The van der Waals surface area contributed by atoms with Crippen molar-refractivity contribution < 1.29 is 22.7 Å². The number of hydrogen-bond donors (Lipinski definition) is 1. The van der Waals surface area contributed by atoms with Gasteiger partial charge in [0.15, 0.2) is 0 Å². The Morgan fingerprint density at radius 3 is 2.62 bits per heavy atom. The lowest BCUT2D eigenvalue weighted by atomic mass is 10.0. The van der Waals surface area contributed by atoms with Crippen molar-refractivity contribution >= 4 is 39.2 Å². The Hall–Kier alpha value is -2.58. The van der Waals surface area contributed by atoms with E-state index in [9.17, 15) is 18.0 Å². The number of carbonyl (C=O) groups excluding carboxylic acids is 2. The monoisotopic (exact) mass is 436 g/mol. The van der Waals surface area contributed by atoms with Gasteiger partial charge in [-0.05, 0) is 36.2 Å². The number of rotatable bonds is 6. The molecule has 1 unspecified atom stereocenters. The zero-order valence-corrected chi connectivity index (χ0v) is 17.4. The van der Waals surface area contributed by atoms with E-state index >= 15 is 0 Å². The molecule has 1 heterocycles. The highest BCUT2D eigenvalue weighted by molar-refractivity contribution is 7.93. The predicted molar refractivity (Wildman–Crippen MR) is 110 cm³/mol. The van der Waals surface area contributed by atoms with E-state index < -0.39 is 27.9 Å². The largest absolute Gasteiger partial charge is 0.469 e. The van der Waals surface area contributed by atoms with Crippen molar-refractivity contribution in [1.82, 2.24) is 5.32 Å².